The SMILES string of the molecule is CCCN(CCC)C(=O)[C@@H](CC)Sc1nc2n[nH]c(C)c2c(=N)n1-c1cccc(OC)c1. The number of methoxy groups -OCH3 is 1. The number of benzene rings is 1. The number of H-pyrrole nitrogens is 1. The number of thioether (sulfide) groups is 1. The highest BCUT2D eigenvalue weighted by atomic mass is 32.2. The number of fused-ring (bicyclic) bond motifs is 1. The summed E-state index contributed by atoms with van der Waals surface area (Å²) < 4.78 is 7.17. The average molecular weight is 457 g/mol. The standard InChI is InChI=1S/C23H32N6O2S/c1-6-12-28(13-7-2)22(30)18(8-3)32-23-25-21-19(15(4)26-27-21)20(24)29(23)16-10-9-11-17(14-16)31-5/h9-11,14,18,24H,6-8,12-13H2,1-5H3,(H,26,27)/t18-/m1/s1. The van der Waals surface area contributed by atoms with E-state index in [1.807, 2.05) is 43.0 Å². The molecule has 2 N–H and O–H groups in total. The zero-order valence-corrected chi connectivity index (χ0v) is 20.3. The fraction of sp³-hybridized carbons (Fsp3) is 0.478. The Morgan fingerprint density at radius 2 is 2.00 bits per heavy atom. The van der Waals surface area contributed by atoms with Gasteiger partial charge in [0.05, 0.1) is 23.4 Å². The maximum Gasteiger partial charge on any atom is 0.236 e. The summed E-state index contributed by atoms with van der Waals surface area (Å²) in [4.78, 5) is 20.0. The number of carbonyl (C=O) groups excluding carboxylic acids is 1. The summed E-state index contributed by atoms with van der Waals surface area (Å²) in [7, 11) is 1.62. The largest absolute Gasteiger partial charge is 0.497 e. The number of hydrogen-bond donors (Lipinski definition) is 2. The van der Waals surface area contributed by atoms with Gasteiger partial charge in [-0.15, -0.1) is 0 Å². The topological polar surface area (TPSA) is 99.9 Å². The molecule has 1 aromatic carbocycles. The molecule has 0 bridgehead atoms. The van der Waals surface area contributed by atoms with Crippen LogP contribution in [-0.2, 0) is 4.79 Å². The van der Waals surface area contributed by atoms with E-state index < -0.39 is 0 Å². The van der Waals surface area contributed by atoms with Gasteiger partial charge in [-0.3, -0.25) is 19.9 Å². The Bertz CT molecular complexity index is 1130. The molecule has 0 unspecified atom stereocenters. The van der Waals surface area contributed by atoms with Crippen LogP contribution in [0.15, 0.2) is 29.4 Å². The maximum atomic E-state index is 13.3. The second kappa shape index (κ2) is 10.7. The minimum atomic E-state index is -0.297. The van der Waals surface area contributed by atoms with Gasteiger partial charge in [0.2, 0.25) is 5.91 Å². The maximum absolute atomic E-state index is 13.3. The monoisotopic (exact) mass is 456 g/mol. The number of rotatable bonds is 10. The predicted octanol–water partition coefficient (Wildman–Crippen LogP) is 4.06. The van der Waals surface area contributed by atoms with Gasteiger partial charge in [0.25, 0.3) is 0 Å². The van der Waals surface area contributed by atoms with Crippen molar-refractivity contribution in [3.05, 3.63) is 35.4 Å². The summed E-state index contributed by atoms with van der Waals surface area (Å²) in [5, 5.41) is 17.1. The normalized spacial score (nSPS) is 12.2. The van der Waals surface area contributed by atoms with Crippen LogP contribution < -0.4 is 10.2 Å². The first-order chi connectivity index (χ1) is 15.4. The zero-order chi connectivity index (χ0) is 23.3. The molecule has 8 nitrogen and oxygen atoms in total. The molecule has 0 saturated heterocycles. The van der Waals surface area contributed by atoms with Crippen molar-refractivity contribution in [1.29, 1.82) is 5.41 Å². The molecule has 0 spiro atoms. The smallest absolute Gasteiger partial charge is 0.236 e. The molecule has 9 heteroatoms. The molecule has 2 heterocycles. The minimum Gasteiger partial charge on any atom is -0.497 e. The third-order valence-electron chi connectivity index (χ3n) is 5.29. The first-order valence-electron chi connectivity index (χ1n) is 11.1. The van der Waals surface area contributed by atoms with Crippen molar-refractivity contribution in [3.63, 3.8) is 0 Å². The van der Waals surface area contributed by atoms with Crippen molar-refractivity contribution < 1.29 is 9.53 Å². The van der Waals surface area contributed by atoms with E-state index in [1.54, 1.807) is 11.7 Å². The molecule has 1 atom stereocenters. The molecule has 0 saturated carbocycles. The van der Waals surface area contributed by atoms with Crippen molar-refractivity contribution in [2.24, 2.45) is 0 Å². The molecule has 0 aliphatic carbocycles. The lowest BCUT2D eigenvalue weighted by molar-refractivity contribution is -0.130. The van der Waals surface area contributed by atoms with E-state index in [1.165, 1.54) is 11.8 Å². The van der Waals surface area contributed by atoms with E-state index in [9.17, 15) is 4.79 Å². The quantitative estimate of drug-likeness (QED) is 0.354. The van der Waals surface area contributed by atoms with E-state index in [4.69, 9.17) is 15.1 Å². The summed E-state index contributed by atoms with van der Waals surface area (Å²) >= 11 is 1.40. The molecule has 1 amide bonds. The van der Waals surface area contributed by atoms with Gasteiger partial charge in [-0.1, -0.05) is 38.6 Å². The van der Waals surface area contributed by atoms with E-state index >= 15 is 0 Å². The van der Waals surface area contributed by atoms with Gasteiger partial charge in [-0.2, -0.15) is 5.10 Å². The minimum absolute atomic E-state index is 0.116. The lowest BCUT2D eigenvalue weighted by atomic mass is 10.2. The second-order valence-corrected chi connectivity index (χ2v) is 8.84. The highest BCUT2D eigenvalue weighted by Crippen LogP contribution is 2.29. The van der Waals surface area contributed by atoms with Gasteiger partial charge in [-0.05, 0) is 38.3 Å². The van der Waals surface area contributed by atoms with Crippen LogP contribution in [0.25, 0.3) is 16.7 Å². The third kappa shape index (κ3) is 4.82. The van der Waals surface area contributed by atoms with E-state index in [0.717, 1.165) is 37.3 Å². The molecule has 2 aromatic heterocycles. The fourth-order valence-corrected chi connectivity index (χ4v) is 4.82. The Kier molecular flexibility index (Phi) is 7.95. The number of amides is 1. The zero-order valence-electron chi connectivity index (χ0n) is 19.4. The molecule has 32 heavy (non-hydrogen) atoms. The van der Waals surface area contributed by atoms with Crippen molar-refractivity contribution in [3.8, 4) is 11.4 Å². The number of nitrogens with zero attached hydrogens (tertiary/aromatic N) is 4. The van der Waals surface area contributed by atoms with Crippen molar-refractivity contribution in [2.45, 2.75) is 57.4 Å². The lowest BCUT2D eigenvalue weighted by Crippen LogP contribution is -2.39. The number of aromatic amines is 1. The van der Waals surface area contributed by atoms with E-state index in [-0.39, 0.29) is 16.6 Å². The highest BCUT2D eigenvalue weighted by Gasteiger charge is 2.26. The third-order valence-corrected chi connectivity index (χ3v) is 6.59. The first kappa shape index (κ1) is 23.8. The highest BCUT2D eigenvalue weighted by molar-refractivity contribution is 8.00. The molecule has 3 rings (SSSR count). The van der Waals surface area contributed by atoms with Gasteiger partial charge in [0.1, 0.15) is 11.2 Å². The number of nitrogens with one attached hydrogen (secondary N) is 2. The summed E-state index contributed by atoms with van der Waals surface area (Å²) in [5.41, 5.74) is 2.30. The second-order valence-electron chi connectivity index (χ2n) is 7.67. The van der Waals surface area contributed by atoms with Gasteiger partial charge in [-0.25, -0.2) is 4.98 Å². The van der Waals surface area contributed by atoms with Gasteiger partial charge in [0.15, 0.2) is 10.8 Å². The van der Waals surface area contributed by atoms with Gasteiger partial charge in [0, 0.05) is 24.8 Å². The number of hydrogen-bond acceptors (Lipinski definition) is 6. The Hall–Kier alpha value is -2.81. The molecule has 172 valence electrons. The predicted molar refractivity (Wildman–Crippen MR) is 127 cm³/mol. The average Bonchev–Trinajstić information content (AvgIpc) is 3.17. The fourth-order valence-electron chi connectivity index (χ4n) is 3.71. The van der Waals surface area contributed by atoms with Crippen LogP contribution in [0.4, 0.5) is 0 Å². The van der Waals surface area contributed by atoms with Crippen molar-refractivity contribution in [2.75, 3.05) is 20.2 Å². The molecular weight excluding hydrogens is 424 g/mol. The number of aryl methyl sites for hydroxylation is 1. The number of ether oxygens (including phenoxy) is 1. The van der Waals surface area contributed by atoms with E-state index in [0.29, 0.717) is 28.4 Å². The van der Waals surface area contributed by atoms with Crippen LogP contribution in [0.3, 0.4) is 0 Å². The molecule has 0 fully saturated rings. The number of carbonyl (C=O) groups is 1. The van der Waals surface area contributed by atoms with Crippen LogP contribution >= 0.6 is 11.8 Å². The Morgan fingerprint density at radius 3 is 2.62 bits per heavy atom. The Balaban J connectivity index is 2.12. The van der Waals surface area contributed by atoms with Crippen molar-refractivity contribution in [1.82, 2.24) is 24.6 Å². The molecule has 0 aliphatic heterocycles. The van der Waals surface area contributed by atoms with Crippen LogP contribution in [0.5, 0.6) is 5.75 Å². The summed E-state index contributed by atoms with van der Waals surface area (Å²) in [6.07, 6.45) is 2.51. The molecular formula is C23H32N6O2S. The lowest BCUT2D eigenvalue weighted by Gasteiger charge is -2.26. The Morgan fingerprint density at radius 1 is 1.28 bits per heavy atom. The Labute approximate surface area is 192 Å². The van der Waals surface area contributed by atoms with Crippen LogP contribution in [0, 0.1) is 12.3 Å². The van der Waals surface area contributed by atoms with Crippen LogP contribution in [-0.4, -0.2) is 56.0 Å². The first-order valence-corrected chi connectivity index (χ1v) is 11.9. The summed E-state index contributed by atoms with van der Waals surface area (Å²) in [6.45, 7) is 9.55. The van der Waals surface area contributed by atoms with E-state index in [2.05, 4.69) is 24.0 Å². The van der Waals surface area contributed by atoms with Crippen molar-refractivity contribution >= 4 is 28.7 Å². The number of aromatic nitrogens is 4. The van der Waals surface area contributed by atoms with Crippen LogP contribution in [0.2, 0.25) is 0 Å². The summed E-state index contributed by atoms with van der Waals surface area (Å²) in [5.74, 6) is 0.805. The van der Waals surface area contributed by atoms with Crippen LogP contribution in [0.1, 0.15) is 45.7 Å². The van der Waals surface area contributed by atoms with Gasteiger partial charge < -0.3 is 9.64 Å². The molecule has 0 aliphatic rings. The molecule has 3 aromatic rings. The molecule has 0 radical (unpaired) electrons. The summed E-state index contributed by atoms with van der Waals surface area (Å²) in [6, 6.07) is 7.53. The van der Waals surface area contributed by atoms with Gasteiger partial charge >= 0.3 is 0 Å².